The Kier molecular flexibility index (Phi) is 4.05. The lowest BCUT2D eigenvalue weighted by atomic mass is 10.3. The van der Waals surface area contributed by atoms with Crippen LogP contribution in [0.2, 0.25) is 0 Å². The molecule has 10 nitrogen and oxygen atoms in total. The van der Waals surface area contributed by atoms with Crippen molar-refractivity contribution in [2.45, 2.75) is 13.5 Å². The molecular weight excluding hydrogens is 264 g/mol. The van der Waals surface area contributed by atoms with E-state index >= 15 is 0 Å². The van der Waals surface area contributed by atoms with E-state index in [9.17, 15) is 10.1 Å². The first-order chi connectivity index (χ1) is 9.61. The van der Waals surface area contributed by atoms with Crippen molar-refractivity contribution < 1.29 is 4.92 Å². The molecule has 0 aliphatic heterocycles. The number of nitrogen functional groups attached to an aromatic ring is 1. The Hall–Kier alpha value is -2.75. The second kappa shape index (κ2) is 5.93. The Bertz CT molecular complexity index is 598. The summed E-state index contributed by atoms with van der Waals surface area (Å²) in [6.45, 7) is 2.51. The second-order valence-electron chi connectivity index (χ2n) is 3.93. The summed E-state index contributed by atoms with van der Waals surface area (Å²) in [5, 5.41) is 18.0. The van der Waals surface area contributed by atoms with Gasteiger partial charge in [0.15, 0.2) is 0 Å². The summed E-state index contributed by atoms with van der Waals surface area (Å²) in [5.74, 6) is 5.48. The number of anilines is 2. The summed E-state index contributed by atoms with van der Waals surface area (Å²) in [7, 11) is 0. The predicted octanol–water partition coefficient (Wildman–Crippen LogP) is 0.287. The molecule has 4 N–H and O–H groups in total. The van der Waals surface area contributed by atoms with Gasteiger partial charge in [-0.2, -0.15) is 10.1 Å². The molecule has 106 valence electrons. The van der Waals surface area contributed by atoms with E-state index < -0.39 is 4.92 Å². The fourth-order valence-corrected chi connectivity index (χ4v) is 1.69. The Balaban J connectivity index is 2.16. The summed E-state index contributed by atoms with van der Waals surface area (Å²) in [6, 6.07) is 1.80. The minimum atomic E-state index is -0.522. The first-order valence-electron chi connectivity index (χ1n) is 5.82. The Morgan fingerprint density at radius 2 is 2.30 bits per heavy atom. The Morgan fingerprint density at radius 3 is 2.90 bits per heavy atom. The van der Waals surface area contributed by atoms with Gasteiger partial charge in [-0.05, 0) is 13.0 Å². The third-order valence-corrected chi connectivity index (χ3v) is 2.56. The summed E-state index contributed by atoms with van der Waals surface area (Å²) in [4.78, 5) is 18.4. The minimum Gasteiger partial charge on any atom is -0.362 e. The highest BCUT2D eigenvalue weighted by Gasteiger charge is 2.21. The molecular formula is C10H14N8O2. The highest BCUT2D eigenvalue weighted by molar-refractivity contribution is 5.60. The third-order valence-electron chi connectivity index (χ3n) is 2.56. The van der Waals surface area contributed by atoms with Gasteiger partial charge in [-0.3, -0.25) is 20.2 Å². The van der Waals surface area contributed by atoms with Crippen LogP contribution in [0.1, 0.15) is 5.69 Å². The van der Waals surface area contributed by atoms with Crippen LogP contribution in [0, 0.1) is 17.0 Å². The van der Waals surface area contributed by atoms with Gasteiger partial charge in [0.25, 0.3) is 0 Å². The summed E-state index contributed by atoms with van der Waals surface area (Å²) in [5.41, 5.74) is 2.35. The zero-order valence-corrected chi connectivity index (χ0v) is 10.8. The molecule has 0 spiro atoms. The fraction of sp³-hybridized carbons (Fsp3) is 0.300. The summed E-state index contributed by atoms with van der Waals surface area (Å²) < 4.78 is 1.70. The highest BCUT2D eigenvalue weighted by Crippen LogP contribution is 2.25. The van der Waals surface area contributed by atoms with Crippen LogP contribution in [0.3, 0.4) is 0 Å². The molecule has 2 aromatic rings. The molecule has 0 fully saturated rings. The van der Waals surface area contributed by atoms with E-state index in [1.807, 2.05) is 0 Å². The molecule has 0 atom stereocenters. The number of rotatable bonds is 6. The quantitative estimate of drug-likeness (QED) is 0.389. The molecule has 2 rings (SSSR count). The van der Waals surface area contributed by atoms with E-state index in [1.54, 1.807) is 23.1 Å². The average Bonchev–Trinajstić information content (AvgIpc) is 2.90. The third kappa shape index (κ3) is 2.98. The van der Waals surface area contributed by atoms with Crippen molar-refractivity contribution in [2.24, 2.45) is 5.84 Å². The zero-order valence-electron chi connectivity index (χ0n) is 10.8. The molecule has 0 aromatic carbocycles. The minimum absolute atomic E-state index is 0.120. The van der Waals surface area contributed by atoms with Gasteiger partial charge in [-0.1, -0.05) is 0 Å². The number of nitrogens with two attached hydrogens (primary N) is 1. The molecule has 0 radical (unpaired) electrons. The number of aryl methyl sites for hydroxylation is 1. The van der Waals surface area contributed by atoms with Crippen LogP contribution in [0.5, 0.6) is 0 Å². The van der Waals surface area contributed by atoms with Crippen LogP contribution in [-0.4, -0.2) is 31.2 Å². The number of hydrazine groups is 1. The van der Waals surface area contributed by atoms with Gasteiger partial charge >= 0.3 is 5.69 Å². The molecule has 0 amide bonds. The summed E-state index contributed by atoms with van der Waals surface area (Å²) >= 11 is 0. The monoisotopic (exact) mass is 278 g/mol. The Labute approximate surface area is 114 Å². The molecule has 0 unspecified atom stereocenters. The van der Waals surface area contributed by atoms with Crippen LogP contribution in [-0.2, 0) is 6.54 Å². The lowest BCUT2D eigenvalue weighted by molar-refractivity contribution is -0.385. The van der Waals surface area contributed by atoms with Crippen molar-refractivity contribution in [2.75, 3.05) is 17.3 Å². The second-order valence-corrected chi connectivity index (χ2v) is 3.93. The molecule has 0 saturated carbocycles. The van der Waals surface area contributed by atoms with E-state index in [1.165, 1.54) is 6.92 Å². The number of hydrogen-bond acceptors (Lipinski definition) is 8. The van der Waals surface area contributed by atoms with Crippen LogP contribution in [0.15, 0.2) is 18.5 Å². The first kappa shape index (κ1) is 13.7. The zero-order chi connectivity index (χ0) is 14.5. The SMILES string of the molecule is Cc1nc(NN)nc(NCCn2cccn2)c1[N+](=O)[O-]. The fourth-order valence-electron chi connectivity index (χ4n) is 1.69. The summed E-state index contributed by atoms with van der Waals surface area (Å²) in [6.07, 6.45) is 3.46. The van der Waals surface area contributed by atoms with E-state index in [4.69, 9.17) is 5.84 Å². The van der Waals surface area contributed by atoms with Crippen LogP contribution in [0.4, 0.5) is 17.5 Å². The normalized spacial score (nSPS) is 10.3. The molecule has 2 aromatic heterocycles. The molecule has 10 heteroatoms. The Morgan fingerprint density at radius 1 is 1.50 bits per heavy atom. The van der Waals surface area contributed by atoms with Crippen molar-refractivity contribution in [3.63, 3.8) is 0 Å². The van der Waals surface area contributed by atoms with Crippen molar-refractivity contribution in [1.82, 2.24) is 19.7 Å². The van der Waals surface area contributed by atoms with Crippen LogP contribution < -0.4 is 16.6 Å². The maximum atomic E-state index is 11.1. The highest BCUT2D eigenvalue weighted by atomic mass is 16.6. The molecule has 0 bridgehead atoms. The van der Waals surface area contributed by atoms with Crippen LogP contribution >= 0.6 is 0 Å². The first-order valence-corrected chi connectivity index (χ1v) is 5.82. The number of nitro groups is 1. The van der Waals surface area contributed by atoms with E-state index in [0.29, 0.717) is 13.1 Å². The lowest BCUT2D eigenvalue weighted by Gasteiger charge is -2.09. The van der Waals surface area contributed by atoms with Crippen LogP contribution in [0.25, 0.3) is 0 Å². The number of nitrogens with zero attached hydrogens (tertiary/aromatic N) is 5. The maximum absolute atomic E-state index is 11.1. The van der Waals surface area contributed by atoms with Crippen molar-refractivity contribution in [1.29, 1.82) is 0 Å². The smallest absolute Gasteiger partial charge is 0.332 e. The number of nitrogens with one attached hydrogen (secondary N) is 2. The lowest BCUT2D eigenvalue weighted by Crippen LogP contribution is -2.17. The van der Waals surface area contributed by atoms with Gasteiger partial charge in [-0.15, -0.1) is 0 Å². The standard InChI is InChI=1S/C10H14N8O2/c1-7-8(18(19)20)9(15-10(14-7)16-11)12-4-6-17-5-2-3-13-17/h2-3,5H,4,6,11H2,1H3,(H2,12,14,15,16). The topological polar surface area (TPSA) is 137 Å². The van der Waals surface area contributed by atoms with Gasteiger partial charge in [0.1, 0.15) is 5.69 Å². The van der Waals surface area contributed by atoms with Crippen molar-refractivity contribution >= 4 is 17.5 Å². The molecule has 2 heterocycles. The number of aromatic nitrogens is 4. The molecule has 0 saturated heterocycles. The van der Waals surface area contributed by atoms with Gasteiger partial charge in [0, 0.05) is 18.9 Å². The average molecular weight is 278 g/mol. The molecule has 20 heavy (non-hydrogen) atoms. The molecule has 0 aliphatic carbocycles. The molecule has 0 aliphatic rings. The van der Waals surface area contributed by atoms with E-state index in [0.717, 1.165) is 0 Å². The van der Waals surface area contributed by atoms with Gasteiger partial charge in [0.2, 0.25) is 11.8 Å². The van der Waals surface area contributed by atoms with Crippen molar-refractivity contribution in [3.05, 3.63) is 34.3 Å². The predicted molar refractivity (Wildman–Crippen MR) is 72.0 cm³/mol. The van der Waals surface area contributed by atoms with Gasteiger partial charge in [-0.25, -0.2) is 10.8 Å². The number of hydrogen-bond donors (Lipinski definition) is 3. The van der Waals surface area contributed by atoms with Gasteiger partial charge in [0.05, 0.1) is 11.5 Å². The van der Waals surface area contributed by atoms with E-state index in [2.05, 4.69) is 25.8 Å². The van der Waals surface area contributed by atoms with Gasteiger partial charge < -0.3 is 5.32 Å². The van der Waals surface area contributed by atoms with Crippen molar-refractivity contribution in [3.8, 4) is 0 Å². The maximum Gasteiger partial charge on any atom is 0.332 e. The van der Waals surface area contributed by atoms with E-state index in [-0.39, 0.29) is 23.1 Å². The largest absolute Gasteiger partial charge is 0.362 e.